The van der Waals surface area contributed by atoms with Gasteiger partial charge in [0.15, 0.2) is 0 Å². The highest BCUT2D eigenvalue weighted by Gasteiger charge is 2.40. The lowest BCUT2D eigenvalue weighted by atomic mass is 9.95. The quantitative estimate of drug-likeness (QED) is 0.289. The molecule has 0 aromatic carbocycles. The van der Waals surface area contributed by atoms with Crippen molar-refractivity contribution in [3.8, 4) is 0 Å². The molecule has 12 heteroatoms. The van der Waals surface area contributed by atoms with Gasteiger partial charge in [0.2, 0.25) is 11.8 Å². The van der Waals surface area contributed by atoms with Crippen molar-refractivity contribution >= 4 is 23.7 Å². The normalized spacial score (nSPS) is 25.7. The smallest absolute Gasteiger partial charge is 0.236 e. The van der Waals surface area contributed by atoms with E-state index in [1.54, 1.807) is 18.7 Å². The molecule has 0 bridgehead atoms. The molecule has 5 N–H and O–H groups in total. The van der Waals surface area contributed by atoms with Gasteiger partial charge in [-0.25, -0.2) is 8.78 Å². The predicted molar refractivity (Wildman–Crippen MR) is 129 cm³/mol. The van der Waals surface area contributed by atoms with E-state index in [0.717, 1.165) is 0 Å². The van der Waals surface area contributed by atoms with E-state index in [1.807, 2.05) is 23.9 Å². The van der Waals surface area contributed by atoms with Crippen molar-refractivity contribution in [2.75, 3.05) is 59.9 Å². The molecule has 2 aliphatic rings. The summed E-state index contributed by atoms with van der Waals surface area (Å²) in [5, 5.41) is 2.81. The van der Waals surface area contributed by atoms with Crippen LogP contribution in [0.2, 0.25) is 0 Å². The van der Waals surface area contributed by atoms with E-state index in [0.29, 0.717) is 38.4 Å². The number of likely N-dealkylation sites (N-methyl/N-ethyl adjacent to an activating group) is 1. The van der Waals surface area contributed by atoms with Crippen LogP contribution in [0.25, 0.3) is 0 Å². The third kappa shape index (κ3) is 7.62. The van der Waals surface area contributed by atoms with Crippen LogP contribution in [0.3, 0.4) is 0 Å². The van der Waals surface area contributed by atoms with Crippen LogP contribution in [-0.4, -0.2) is 123 Å². The van der Waals surface area contributed by atoms with Crippen molar-refractivity contribution in [3.05, 3.63) is 11.9 Å². The fourth-order valence-corrected chi connectivity index (χ4v) is 4.20. The fourth-order valence-electron chi connectivity index (χ4n) is 4.20. The Morgan fingerprint density at radius 2 is 1.94 bits per heavy atom. The number of nitrogens with one attached hydrogen (secondary N) is 1. The van der Waals surface area contributed by atoms with E-state index in [9.17, 15) is 14.0 Å². The second kappa shape index (κ2) is 13.0. The lowest BCUT2D eigenvalue weighted by molar-refractivity contribution is -0.134. The van der Waals surface area contributed by atoms with E-state index < -0.39 is 42.1 Å². The summed E-state index contributed by atoms with van der Waals surface area (Å²) >= 11 is 0. The maximum absolute atomic E-state index is 15.0. The molecular weight excluding hydrogens is 446 g/mol. The van der Waals surface area contributed by atoms with Crippen LogP contribution in [0.4, 0.5) is 8.78 Å². The Morgan fingerprint density at radius 3 is 2.50 bits per heavy atom. The van der Waals surface area contributed by atoms with Gasteiger partial charge in [0.25, 0.3) is 0 Å². The average molecular weight is 485 g/mol. The van der Waals surface area contributed by atoms with Gasteiger partial charge in [-0.05, 0) is 27.9 Å². The van der Waals surface area contributed by atoms with Crippen LogP contribution in [0, 0.1) is 5.92 Å². The number of carbonyl (C=O) groups excluding carboxylic acids is 2. The van der Waals surface area contributed by atoms with Crippen LogP contribution in [0.5, 0.6) is 0 Å². The summed E-state index contributed by atoms with van der Waals surface area (Å²) in [5.41, 5.74) is 12.0. The average Bonchev–Trinajstić information content (AvgIpc) is 2.77. The zero-order valence-electron chi connectivity index (χ0n) is 20.5. The number of alkyl halides is 1. The molecule has 0 aromatic rings. The monoisotopic (exact) mass is 484 g/mol. The third-order valence-corrected chi connectivity index (χ3v) is 6.04. The van der Waals surface area contributed by atoms with E-state index in [4.69, 9.17) is 11.5 Å². The van der Waals surface area contributed by atoms with Crippen molar-refractivity contribution in [1.82, 2.24) is 20.0 Å². The van der Waals surface area contributed by atoms with Crippen LogP contribution < -0.4 is 16.8 Å². The molecule has 1 saturated heterocycles. The number of nitrogens with zero attached hydrogens (tertiary/aromatic N) is 5. The van der Waals surface area contributed by atoms with E-state index in [2.05, 4.69) is 15.3 Å². The third-order valence-electron chi connectivity index (χ3n) is 6.04. The highest BCUT2D eigenvalue weighted by atomic mass is 19.1. The summed E-state index contributed by atoms with van der Waals surface area (Å²) in [5.74, 6) is -1.93. The number of allylic oxidation sites excluding steroid dienone is 1. The summed E-state index contributed by atoms with van der Waals surface area (Å²) < 4.78 is 28.5. The van der Waals surface area contributed by atoms with E-state index in [-0.39, 0.29) is 19.0 Å². The molecule has 0 aromatic heterocycles. The molecule has 1 fully saturated rings. The lowest BCUT2D eigenvalue weighted by Gasteiger charge is -2.44. The van der Waals surface area contributed by atoms with Gasteiger partial charge in [0.1, 0.15) is 17.9 Å². The molecule has 10 nitrogen and oxygen atoms in total. The van der Waals surface area contributed by atoms with E-state index >= 15 is 4.39 Å². The van der Waals surface area contributed by atoms with E-state index in [1.165, 1.54) is 12.3 Å². The first-order chi connectivity index (χ1) is 16.0. The summed E-state index contributed by atoms with van der Waals surface area (Å²) in [6.45, 7) is 5.14. The minimum Gasteiger partial charge on any atom is -0.346 e. The Bertz CT molecular complexity index is 794. The predicted octanol–water partition coefficient (Wildman–Crippen LogP) is -0.838. The first-order valence-electron chi connectivity index (χ1n) is 11.5. The second-order valence-electron chi connectivity index (χ2n) is 8.96. The lowest BCUT2D eigenvalue weighted by Crippen LogP contribution is -2.64. The first kappa shape index (κ1) is 28.0. The van der Waals surface area contributed by atoms with Gasteiger partial charge in [-0.3, -0.25) is 24.5 Å². The molecule has 2 heterocycles. The standard InChI is InChI=1S/C22H38F2N8O2/c1-5-15(23)10-28-14(2)19(21(25)26)22(34)29-17-12-27-11-16(24)20(17)32-8-6-31(7-9-32)18(33)13-30(3)4/h5,12,16-17,19-21H,6-11,13,25-26H2,1-4H3,(H,29,34)/b15-5+,28-14?. The highest BCUT2D eigenvalue weighted by Crippen LogP contribution is 2.19. The van der Waals surface area contributed by atoms with Gasteiger partial charge in [0.05, 0.1) is 37.9 Å². The maximum atomic E-state index is 15.0. The van der Waals surface area contributed by atoms with Crippen LogP contribution in [0.15, 0.2) is 21.9 Å². The van der Waals surface area contributed by atoms with Crippen molar-refractivity contribution in [2.45, 2.75) is 38.3 Å². The SMILES string of the molecule is C/C=C(/F)CN=C(C)C(C(=O)NC1C=NCC(F)C1N1CCN(C(=O)CN(C)C)CC1)C(N)N. The molecule has 2 rings (SSSR count). The number of rotatable bonds is 9. The van der Waals surface area contributed by atoms with Gasteiger partial charge in [-0.1, -0.05) is 6.08 Å². The summed E-state index contributed by atoms with van der Waals surface area (Å²) in [4.78, 5) is 39.1. The summed E-state index contributed by atoms with van der Waals surface area (Å²) in [6.07, 6.45) is 0.464. The largest absolute Gasteiger partial charge is 0.346 e. The Balaban J connectivity index is 2.09. The number of halogens is 2. The number of nitrogens with two attached hydrogens (primary N) is 2. The molecule has 2 aliphatic heterocycles. The van der Waals surface area contributed by atoms with Crippen molar-refractivity contribution < 1.29 is 18.4 Å². The molecule has 192 valence electrons. The number of hydrogen-bond acceptors (Lipinski definition) is 8. The molecule has 4 atom stereocenters. The maximum Gasteiger partial charge on any atom is 0.236 e. The number of amides is 2. The Labute approximate surface area is 200 Å². The second-order valence-corrected chi connectivity index (χ2v) is 8.96. The van der Waals surface area contributed by atoms with Crippen molar-refractivity contribution in [1.29, 1.82) is 0 Å². The Kier molecular flexibility index (Phi) is 10.7. The molecular formula is C22H38F2N8O2. The topological polar surface area (TPSA) is 133 Å². The number of piperazine rings is 1. The molecule has 0 radical (unpaired) electrons. The first-order valence-corrected chi connectivity index (χ1v) is 11.5. The zero-order chi connectivity index (χ0) is 25.4. The number of aliphatic imine (C=N–C) groups is 2. The van der Waals surface area contributed by atoms with Gasteiger partial charge in [0, 0.05) is 38.1 Å². The molecule has 4 unspecified atom stereocenters. The van der Waals surface area contributed by atoms with Crippen LogP contribution >= 0.6 is 0 Å². The highest BCUT2D eigenvalue weighted by molar-refractivity contribution is 6.04. The molecule has 0 saturated carbocycles. The van der Waals surface area contributed by atoms with Gasteiger partial charge in [-0.15, -0.1) is 0 Å². The van der Waals surface area contributed by atoms with Crippen molar-refractivity contribution in [3.63, 3.8) is 0 Å². The minimum absolute atomic E-state index is 0.000240. The van der Waals surface area contributed by atoms with Crippen molar-refractivity contribution in [2.24, 2.45) is 27.4 Å². The Hall–Kier alpha value is -2.28. The fraction of sp³-hybridized carbons (Fsp3) is 0.727. The molecule has 0 aliphatic carbocycles. The molecule has 0 spiro atoms. The summed E-state index contributed by atoms with van der Waals surface area (Å²) in [6, 6.07) is -1.35. The van der Waals surface area contributed by atoms with Gasteiger partial charge >= 0.3 is 0 Å². The zero-order valence-corrected chi connectivity index (χ0v) is 20.5. The van der Waals surface area contributed by atoms with Crippen LogP contribution in [0.1, 0.15) is 13.8 Å². The minimum atomic E-state index is -1.29. The number of hydrogen-bond donors (Lipinski definition) is 3. The van der Waals surface area contributed by atoms with Crippen LogP contribution in [-0.2, 0) is 9.59 Å². The molecule has 34 heavy (non-hydrogen) atoms. The van der Waals surface area contributed by atoms with Gasteiger partial charge in [-0.2, -0.15) is 0 Å². The Morgan fingerprint density at radius 1 is 1.29 bits per heavy atom. The summed E-state index contributed by atoms with van der Waals surface area (Å²) in [7, 11) is 3.67. The molecule has 2 amide bonds. The number of carbonyl (C=O) groups is 2. The van der Waals surface area contributed by atoms with Gasteiger partial charge < -0.3 is 26.6 Å².